The van der Waals surface area contributed by atoms with E-state index in [0.29, 0.717) is 36.0 Å². The highest BCUT2D eigenvalue weighted by Crippen LogP contribution is 2.28. The molecule has 0 radical (unpaired) electrons. The van der Waals surface area contributed by atoms with Gasteiger partial charge in [-0.05, 0) is 79.8 Å². The number of rotatable bonds is 10. The molecule has 1 fully saturated rings. The Bertz CT molecular complexity index is 1140. The van der Waals surface area contributed by atoms with Gasteiger partial charge in [0.1, 0.15) is 5.76 Å². The molecular weight excluding hydrogens is 520 g/mol. The van der Waals surface area contributed by atoms with Crippen LogP contribution in [0.1, 0.15) is 110 Å². The molecule has 0 heterocycles. The van der Waals surface area contributed by atoms with E-state index in [-0.39, 0.29) is 29.0 Å². The number of hydrogen-bond donors (Lipinski definition) is 1. The molecule has 1 aliphatic rings. The van der Waals surface area contributed by atoms with Crippen LogP contribution in [0.4, 0.5) is 0 Å². The van der Waals surface area contributed by atoms with E-state index in [4.69, 9.17) is 19.3 Å². The summed E-state index contributed by atoms with van der Waals surface area (Å²) >= 11 is 0. The number of aromatic carboxylic acids is 1. The zero-order valence-corrected chi connectivity index (χ0v) is 25.4. The van der Waals surface area contributed by atoms with E-state index in [2.05, 4.69) is 20.4 Å². The zero-order valence-electron chi connectivity index (χ0n) is 25.4. The van der Waals surface area contributed by atoms with E-state index in [1.54, 1.807) is 12.1 Å². The highest BCUT2D eigenvalue weighted by molar-refractivity contribution is 5.92. The second-order valence-corrected chi connectivity index (χ2v) is 12.1. The van der Waals surface area contributed by atoms with E-state index >= 15 is 0 Å². The highest BCUT2D eigenvalue weighted by atomic mass is 16.5. The number of ether oxygens (including phenoxy) is 3. The lowest BCUT2D eigenvalue weighted by molar-refractivity contribution is 0.0365. The molecule has 0 aliphatic heterocycles. The SMILES string of the molecule is C=C(OC(C)CC)c1ccc(C(=O)OCC(C)(C)C)cc1.CC1CCC(COC(=O)c2ccc(C(=O)O)cc2)CC1. The summed E-state index contributed by atoms with van der Waals surface area (Å²) in [6.45, 7) is 17.2. The van der Waals surface area contributed by atoms with Gasteiger partial charge in [0.2, 0.25) is 0 Å². The van der Waals surface area contributed by atoms with Crippen molar-refractivity contribution in [3.8, 4) is 0 Å². The second kappa shape index (κ2) is 16.0. The maximum atomic E-state index is 11.9. The van der Waals surface area contributed by atoms with Gasteiger partial charge in [-0.2, -0.15) is 0 Å². The van der Waals surface area contributed by atoms with Crippen LogP contribution in [0.15, 0.2) is 55.1 Å². The van der Waals surface area contributed by atoms with Gasteiger partial charge < -0.3 is 19.3 Å². The van der Waals surface area contributed by atoms with Gasteiger partial charge in [-0.3, -0.25) is 0 Å². The van der Waals surface area contributed by atoms with E-state index < -0.39 is 5.97 Å². The lowest BCUT2D eigenvalue weighted by Crippen LogP contribution is -2.19. The average Bonchev–Trinajstić information content (AvgIpc) is 2.95. The number of carboxylic acids is 1. The van der Waals surface area contributed by atoms with E-state index in [9.17, 15) is 14.4 Å². The quantitative estimate of drug-likeness (QED) is 0.229. The van der Waals surface area contributed by atoms with Crippen LogP contribution in [0.3, 0.4) is 0 Å². The predicted octanol–water partition coefficient (Wildman–Crippen LogP) is 8.04. The summed E-state index contributed by atoms with van der Waals surface area (Å²) in [4.78, 5) is 34.5. The summed E-state index contributed by atoms with van der Waals surface area (Å²) in [6, 6.07) is 13.0. The van der Waals surface area contributed by atoms with Crippen LogP contribution in [0, 0.1) is 17.3 Å². The third-order valence-corrected chi connectivity index (χ3v) is 6.95. The first kappa shape index (κ1) is 33.6. The van der Waals surface area contributed by atoms with Crippen LogP contribution in [0.5, 0.6) is 0 Å². The first-order valence-corrected chi connectivity index (χ1v) is 14.4. The summed E-state index contributed by atoms with van der Waals surface area (Å²) in [5.41, 5.74) is 1.96. The van der Waals surface area contributed by atoms with Gasteiger partial charge >= 0.3 is 17.9 Å². The highest BCUT2D eigenvalue weighted by Gasteiger charge is 2.20. The topological polar surface area (TPSA) is 99.1 Å². The maximum Gasteiger partial charge on any atom is 0.338 e. The zero-order chi connectivity index (χ0) is 30.6. The Balaban J connectivity index is 0.000000287. The molecule has 0 amide bonds. The van der Waals surface area contributed by atoms with Gasteiger partial charge in [-0.1, -0.05) is 66.2 Å². The molecule has 0 aromatic heterocycles. The Morgan fingerprint density at radius 1 is 0.854 bits per heavy atom. The Hall–Kier alpha value is -3.61. The first-order valence-electron chi connectivity index (χ1n) is 14.4. The molecule has 1 atom stereocenters. The molecule has 2 aromatic carbocycles. The number of carboxylic acid groups (broad SMARTS) is 1. The Kier molecular flexibility index (Phi) is 13.1. The van der Waals surface area contributed by atoms with Gasteiger partial charge in [0.05, 0.1) is 36.0 Å². The van der Waals surface area contributed by atoms with Gasteiger partial charge in [0.25, 0.3) is 0 Å². The molecule has 7 heteroatoms. The van der Waals surface area contributed by atoms with Gasteiger partial charge in [0, 0.05) is 5.56 Å². The van der Waals surface area contributed by atoms with Crippen LogP contribution in [0.25, 0.3) is 5.76 Å². The van der Waals surface area contributed by atoms with Crippen molar-refractivity contribution in [2.45, 2.75) is 79.8 Å². The van der Waals surface area contributed by atoms with Crippen molar-refractivity contribution in [2.24, 2.45) is 17.3 Å². The number of carbonyl (C=O) groups excluding carboxylic acids is 2. The van der Waals surface area contributed by atoms with Crippen LogP contribution in [-0.4, -0.2) is 42.3 Å². The predicted molar refractivity (Wildman–Crippen MR) is 161 cm³/mol. The van der Waals surface area contributed by atoms with Gasteiger partial charge in [0.15, 0.2) is 0 Å². The van der Waals surface area contributed by atoms with Crippen molar-refractivity contribution in [1.29, 1.82) is 0 Å². The van der Waals surface area contributed by atoms with Crippen molar-refractivity contribution in [1.82, 2.24) is 0 Å². The second-order valence-electron chi connectivity index (χ2n) is 12.1. The number of hydrogen-bond acceptors (Lipinski definition) is 6. The number of benzene rings is 2. The molecule has 0 bridgehead atoms. The first-order chi connectivity index (χ1) is 19.3. The third kappa shape index (κ3) is 12.2. The fraction of sp³-hybridized carbons (Fsp3) is 0.500. The van der Waals surface area contributed by atoms with Gasteiger partial charge in [-0.25, -0.2) is 14.4 Å². The van der Waals surface area contributed by atoms with E-state index in [1.165, 1.54) is 37.1 Å². The van der Waals surface area contributed by atoms with Crippen LogP contribution >= 0.6 is 0 Å². The molecule has 1 N–H and O–H groups in total. The van der Waals surface area contributed by atoms with Crippen molar-refractivity contribution in [3.63, 3.8) is 0 Å². The molecular formula is C34H46O7. The lowest BCUT2D eigenvalue weighted by Gasteiger charge is -2.25. The van der Waals surface area contributed by atoms with E-state index in [1.807, 2.05) is 39.8 Å². The van der Waals surface area contributed by atoms with Crippen molar-refractivity contribution < 1.29 is 33.7 Å². The van der Waals surface area contributed by atoms with Crippen molar-refractivity contribution >= 4 is 23.7 Å². The molecule has 224 valence electrons. The normalized spacial score (nSPS) is 17.3. The third-order valence-electron chi connectivity index (χ3n) is 6.95. The minimum Gasteiger partial charge on any atom is -0.491 e. The molecule has 0 saturated heterocycles. The van der Waals surface area contributed by atoms with Crippen LogP contribution in [0.2, 0.25) is 0 Å². The Morgan fingerprint density at radius 2 is 1.32 bits per heavy atom. The summed E-state index contributed by atoms with van der Waals surface area (Å²) in [5.74, 6) is 0.199. The monoisotopic (exact) mass is 566 g/mol. The van der Waals surface area contributed by atoms with Crippen LogP contribution in [-0.2, 0) is 14.2 Å². The smallest absolute Gasteiger partial charge is 0.338 e. The summed E-state index contributed by atoms with van der Waals surface area (Å²) < 4.78 is 16.3. The lowest BCUT2D eigenvalue weighted by atomic mass is 9.83. The molecule has 1 saturated carbocycles. The van der Waals surface area contributed by atoms with Gasteiger partial charge in [-0.15, -0.1) is 0 Å². The van der Waals surface area contributed by atoms with Crippen LogP contribution < -0.4 is 0 Å². The standard InChI is InChI=1S/C18H26O3.C16H20O4/c1-7-13(2)21-14(3)15-8-10-16(11-9-15)17(19)20-12-18(4,5)6;1-11-2-4-12(5-3-11)10-20-16(19)14-8-6-13(7-9-14)15(17)18/h8-11,13H,3,7,12H2,1-2,4-6H3;6-9,11-12H,2-5,10H2,1H3,(H,17,18). The molecule has 2 aromatic rings. The average molecular weight is 567 g/mol. The fourth-order valence-electron chi connectivity index (χ4n) is 4.07. The molecule has 7 nitrogen and oxygen atoms in total. The summed E-state index contributed by atoms with van der Waals surface area (Å²) in [7, 11) is 0. The molecule has 41 heavy (non-hydrogen) atoms. The van der Waals surface area contributed by atoms with Crippen molar-refractivity contribution in [2.75, 3.05) is 13.2 Å². The molecule has 0 spiro atoms. The number of esters is 2. The summed E-state index contributed by atoms with van der Waals surface area (Å²) in [6.07, 6.45) is 5.70. The molecule has 1 aliphatic carbocycles. The van der Waals surface area contributed by atoms with Crippen molar-refractivity contribution in [3.05, 3.63) is 77.4 Å². The number of carbonyl (C=O) groups is 3. The molecule has 3 rings (SSSR count). The Morgan fingerprint density at radius 3 is 1.78 bits per heavy atom. The minimum absolute atomic E-state index is 0.0337. The van der Waals surface area contributed by atoms with E-state index in [0.717, 1.165) is 30.7 Å². The summed E-state index contributed by atoms with van der Waals surface area (Å²) in [5, 5.41) is 8.79. The fourth-order valence-corrected chi connectivity index (χ4v) is 4.07. The Labute approximate surface area is 244 Å². The molecule has 1 unspecified atom stereocenters. The minimum atomic E-state index is -0.999. The maximum absolute atomic E-state index is 11.9. The largest absolute Gasteiger partial charge is 0.491 e.